The van der Waals surface area contributed by atoms with Crippen molar-refractivity contribution in [3.8, 4) is 5.75 Å². The fourth-order valence-electron chi connectivity index (χ4n) is 3.19. The van der Waals surface area contributed by atoms with Crippen molar-refractivity contribution in [2.24, 2.45) is 10.2 Å². The fourth-order valence-corrected chi connectivity index (χ4v) is 3.77. The van der Waals surface area contributed by atoms with Crippen molar-refractivity contribution in [1.29, 1.82) is 0 Å². The molecule has 0 unspecified atom stereocenters. The van der Waals surface area contributed by atoms with Gasteiger partial charge in [0.2, 0.25) is 0 Å². The Kier molecular flexibility index (Phi) is 8.62. The molecular weight excluding hydrogens is 509 g/mol. The first-order valence-corrected chi connectivity index (χ1v) is 10.7. The molecule has 4 aromatic carbocycles. The first-order valence-electron chi connectivity index (χ1n) is 9.53. The number of nitrogens with zero attached hydrogens (tertiary/aromatic N) is 2. The average molecular weight is 525 g/mol. The number of rotatable bonds is 4. The Labute approximate surface area is 235 Å². The molecule has 0 heterocycles. The number of halogens is 3. The minimum absolute atomic E-state index is 0. The zero-order valence-corrected chi connectivity index (χ0v) is 21.9. The molecule has 5 nitrogen and oxygen atoms in total. The first-order chi connectivity index (χ1) is 15.3. The number of fused-ring (bicyclic) bond motifs is 1. The van der Waals surface area contributed by atoms with E-state index in [0.29, 0.717) is 16.1 Å². The maximum absolute atomic E-state index is 13.0. The summed E-state index contributed by atoms with van der Waals surface area (Å²) in [5.41, 5.74) is 2.03. The summed E-state index contributed by atoms with van der Waals surface area (Å²) >= 11 is 18.2. The molecule has 0 aliphatic carbocycles. The third kappa shape index (κ3) is 5.62. The molecule has 4 aromatic rings. The Balaban J connectivity index is 0.00000306. The van der Waals surface area contributed by atoms with Crippen LogP contribution in [0.2, 0.25) is 15.1 Å². The summed E-state index contributed by atoms with van der Waals surface area (Å²) in [6.45, 7) is 1.89. The van der Waals surface area contributed by atoms with Gasteiger partial charge in [-0.25, -0.2) is 0 Å². The third-order valence-corrected chi connectivity index (χ3v) is 5.91. The second-order valence-electron chi connectivity index (χ2n) is 7.03. The summed E-state index contributed by atoms with van der Waals surface area (Å²) in [5.74, 6) is -0.763. The number of anilines is 1. The van der Waals surface area contributed by atoms with Gasteiger partial charge in [-0.15, -0.1) is 10.2 Å². The Morgan fingerprint density at radius 3 is 2.30 bits per heavy atom. The van der Waals surface area contributed by atoms with Gasteiger partial charge in [0, 0.05) is 48.8 Å². The van der Waals surface area contributed by atoms with Crippen LogP contribution in [0.3, 0.4) is 0 Å². The summed E-state index contributed by atoms with van der Waals surface area (Å²) in [6, 6.07) is 19.2. The van der Waals surface area contributed by atoms with Gasteiger partial charge < -0.3 is 10.4 Å². The number of carbonyl (C=O) groups is 1. The number of aryl methyl sites for hydroxylation is 1. The molecule has 0 bridgehead atoms. The predicted molar refractivity (Wildman–Crippen MR) is 136 cm³/mol. The van der Waals surface area contributed by atoms with Crippen LogP contribution in [-0.4, -0.2) is 48.8 Å². The van der Waals surface area contributed by atoms with Gasteiger partial charge in [0.25, 0.3) is 5.91 Å². The Morgan fingerprint density at radius 2 is 1.55 bits per heavy atom. The van der Waals surface area contributed by atoms with E-state index in [-0.39, 0.29) is 70.5 Å². The topological polar surface area (TPSA) is 74.0 Å². The summed E-state index contributed by atoms with van der Waals surface area (Å²) in [5, 5.41) is 24.3. The normalized spacial score (nSPS) is 10.9. The monoisotopic (exact) mass is 523 g/mol. The van der Waals surface area contributed by atoms with Crippen LogP contribution >= 0.6 is 34.8 Å². The SMILES string of the molecule is Cc1ccccc1NC(=O)c1cc2ccccc2c(N=Nc2cc(Cl)c(Cl)cc2Cl)c1O.[Ca]. The van der Waals surface area contributed by atoms with Gasteiger partial charge in [-0.2, -0.15) is 0 Å². The number of hydrogen-bond donors (Lipinski definition) is 2. The first kappa shape index (κ1) is 25.8. The second-order valence-corrected chi connectivity index (χ2v) is 8.25. The predicted octanol–water partition coefficient (Wildman–Crippen LogP) is 8.10. The Bertz CT molecular complexity index is 1390. The number of phenolic OH excluding ortho intramolecular Hbond substituents is 1. The number of aromatic hydroxyl groups is 1. The van der Waals surface area contributed by atoms with Crippen LogP contribution in [0.1, 0.15) is 15.9 Å². The molecule has 0 aliphatic heterocycles. The zero-order valence-electron chi connectivity index (χ0n) is 17.4. The molecule has 0 aliphatic rings. The van der Waals surface area contributed by atoms with E-state index >= 15 is 0 Å². The Hall–Kier alpha value is -1.86. The van der Waals surface area contributed by atoms with Crippen molar-refractivity contribution >= 4 is 106 Å². The summed E-state index contributed by atoms with van der Waals surface area (Å²) < 4.78 is 0. The molecule has 33 heavy (non-hydrogen) atoms. The maximum atomic E-state index is 13.0. The third-order valence-electron chi connectivity index (χ3n) is 4.88. The summed E-state index contributed by atoms with van der Waals surface area (Å²) in [7, 11) is 0. The Morgan fingerprint density at radius 1 is 0.879 bits per heavy atom. The minimum Gasteiger partial charge on any atom is -0.505 e. The molecule has 2 radical (unpaired) electrons. The van der Waals surface area contributed by atoms with Gasteiger partial charge in [0.15, 0.2) is 5.75 Å². The number of nitrogens with one attached hydrogen (secondary N) is 1. The van der Waals surface area contributed by atoms with Crippen LogP contribution in [0.25, 0.3) is 10.8 Å². The van der Waals surface area contributed by atoms with E-state index < -0.39 is 5.91 Å². The molecule has 0 atom stereocenters. The second kappa shape index (κ2) is 11.0. The van der Waals surface area contributed by atoms with Crippen LogP contribution in [0, 0.1) is 6.92 Å². The molecule has 2 N–H and O–H groups in total. The standard InChI is InChI=1S/C24H16Cl3N3O2.Ca/c1-13-6-2-5-9-20(13)28-24(32)16-10-14-7-3-4-8-15(14)22(23(16)31)30-29-21-12-18(26)17(25)11-19(21)27;/h2-12,31H,1H3,(H,28,32);. The van der Waals surface area contributed by atoms with E-state index in [4.69, 9.17) is 34.8 Å². The van der Waals surface area contributed by atoms with Gasteiger partial charge in [-0.3, -0.25) is 4.79 Å². The molecule has 0 fully saturated rings. The van der Waals surface area contributed by atoms with Gasteiger partial charge in [-0.05, 0) is 42.1 Å². The van der Waals surface area contributed by atoms with Gasteiger partial charge in [0.1, 0.15) is 11.4 Å². The van der Waals surface area contributed by atoms with Gasteiger partial charge >= 0.3 is 0 Å². The van der Waals surface area contributed by atoms with Gasteiger partial charge in [-0.1, -0.05) is 77.3 Å². The number of benzene rings is 4. The van der Waals surface area contributed by atoms with Crippen LogP contribution in [0.5, 0.6) is 5.75 Å². The van der Waals surface area contributed by atoms with Crippen molar-refractivity contribution in [2.75, 3.05) is 5.32 Å². The van der Waals surface area contributed by atoms with Crippen molar-refractivity contribution in [2.45, 2.75) is 6.92 Å². The van der Waals surface area contributed by atoms with Crippen LogP contribution in [0.4, 0.5) is 17.1 Å². The van der Waals surface area contributed by atoms with Crippen LogP contribution < -0.4 is 5.32 Å². The number of para-hydroxylation sites is 1. The smallest absolute Gasteiger partial charge is 0.259 e. The number of phenols is 1. The van der Waals surface area contributed by atoms with Crippen molar-refractivity contribution in [1.82, 2.24) is 0 Å². The van der Waals surface area contributed by atoms with E-state index in [1.165, 1.54) is 12.1 Å². The number of hydrogen-bond acceptors (Lipinski definition) is 4. The molecule has 0 saturated carbocycles. The van der Waals surface area contributed by atoms with E-state index in [2.05, 4.69) is 15.5 Å². The van der Waals surface area contributed by atoms with E-state index in [0.717, 1.165) is 10.9 Å². The van der Waals surface area contributed by atoms with Crippen LogP contribution in [-0.2, 0) is 0 Å². The minimum atomic E-state index is -0.466. The molecule has 1 amide bonds. The molecule has 0 spiro atoms. The maximum Gasteiger partial charge on any atom is 0.259 e. The average Bonchev–Trinajstić information content (AvgIpc) is 2.77. The number of amides is 1. The summed E-state index contributed by atoms with van der Waals surface area (Å²) in [6.07, 6.45) is 0. The van der Waals surface area contributed by atoms with E-state index in [9.17, 15) is 9.90 Å². The molecule has 0 saturated heterocycles. The molecule has 4 rings (SSSR count). The van der Waals surface area contributed by atoms with Crippen molar-refractivity contribution in [3.63, 3.8) is 0 Å². The zero-order chi connectivity index (χ0) is 22.8. The quantitative estimate of drug-likeness (QED) is 0.161. The fraction of sp³-hybridized carbons (Fsp3) is 0.0417. The number of azo groups is 1. The molecule has 9 heteroatoms. The molecule has 0 aromatic heterocycles. The molecule has 162 valence electrons. The van der Waals surface area contributed by atoms with E-state index in [1.54, 1.807) is 24.3 Å². The summed E-state index contributed by atoms with van der Waals surface area (Å²) in [4.78, 5) is 13.0. The van der Waals surface area contributed by atoms with E-state index in [1.807, 2.05) is 37.3 Å². The van der Waals surface area contributed by atoms with Crippen LogP contribution in [0.15, 0.2) is 77.0 Å². The number of carbonyl (C=O) groups excluding carboxylic acids is 1. The largest absolute Gasteiger partial charge is 0.505 e. The molecular formula is C24H16CaCl3N3O2. The van der Waals surface area contributed by atoms with Crippen molar-refractivity contribution in [3.05, 3.63) is 92.9 Å². The van der Waals surface area contributed by atoms with Crippen molar-refractivity contribution < 1.29 is 9.90 Å². The van der Waals surface area contributed by atoms with Gasteiger partial charge in [0.05, 0.1) is 20.6 Å².